The SMILES string of the molecule is CC(C)(C)c1cc(C(C)(C)C)c2oc3c4c(ccc3c2c1)-c1c(N(c2ccc(-c3ccccc3)cc2)c2ccc(-c3ccccc3)cc2)cccc1C4(C)C. The maximum absolute atomic E-state index is 7.15. The largest absolute Gasteiger partial charge is 0.455 e. The van der Waals surface area contributed by atoms with Gasteiger partial charge in [0.2, 0.25) is 0 Å². The van der Waals surface area contributed by atoms with Gasteiger partial charge in [0.25, 0.3) is 0 Å². The van der Waals surface area contributed by atoms with E-state index < -0.39 is 0 Å². The average Bonchev–Trinajstić information content (AvgIpc) is 3.67. The molecule has 0 saturated heterocycles. The van der Waals surface area contributed by atoms with E-state index in [2.05, 4.69) is 212 Å². The molecule has 0 aliphatic heterocycles. The minimum atomic E-state index is -0.289. The molecule has 0 amide bonds. The Morgan fingerprint density at radius 1 is 0.491 bits per heavy atom. The van der Waals surface area contributed by atoms with Crippen LogP contribution in [-0.4, -0.2) is 0 Å². The summed E-state index contributed by atoms with van der Waals surface area (Å²) < 4.78 is 7.15. The third-order valence-electron chi connectivity index (χ3n) is 11.7. The fraction of sp³-hybridized carbons (Fsp3) is 0.208. The maximum atomic E-state index is 7.15. The lowest BCUT2D eigenvalue weighted by Crippen LogP contribution is -2.16. The highest BCUT2D eigenvalue weighted by molar-refractivity contribution is 6.11. The van der Waals surface area contributed by atoms with Crippen molar-refractivity contribution in [1.29, 1.82) is 0 Å². The highest BCUT2D eigenvalue weighted by atomic mass is 16.3. The van der Waals surface area contributed by atoms with Crippen molar-refractivity contribution in [3.05, 3.63) is 174 Å². The van der Waals surface area contributed by atoms with Crippen molar-refractivity contribution in [2.75, 3.05) is 4.90 Å². The molecule has 1 aromatic heterocycles. The van der Waals surface area contributed by atoms with Gasteiger partial charge in [0.15, 0.2) is 0 Å². The van der Waals surface area contributed by atoms with Gasteiger partial charge in [0.05, 0.1) is 5.69 Å². The van der Waals surface area contributed by atoms with Crippen LogP contribution in [0.2, 0.25) is 0 Å². The first kappa shape index (κ1) is 34.9. The molecule has 0 N–H and O–H groups in total. The van der Waals surface area contributed by atoms with Gasteiger partial charge in [-0.15, -0.1) is 0 Å². The molecule has 272 valence electrons. The highest BCUT2D eigenvalue weighted by Gasteiger charge is 2.41. The quantitative estimate of drug-likeness (QED) is 0.176. The van der Waals surface area contributed by atoms with E-state index in [9.17, 15) is 0 Å². The second-order valence-corrected chi connectivity index (χ2v) is 17.9. The van der Waals surface area contributed by atoms with E-state index in [0.717, 1.165) is 28.2 Å². The number of hydrogen-bond acceptors (Lipinski definition) is 2. The Balaban J connectivity index is 1.26. The van der Waals surface area contributed by atoms with Crippen molar-refractivity contribution in [3.63, 3.8) is 0 Å². The topological polar surface area (TPSA) is 16.4 Å². The average molecular weight is 716 g/mol. The number of nitrogens with zero attached hydrogens (tertiary/aromatic N) is 1. The molecule has 9 rings (SSSR count). The standard InChI is InChI=1S/C53H49NO/c1-51(2,3)38-32-43-41-30-31-42-47-44(53(7,8)48(42)50(41)55-49(43)45(33-38)52(4,5)6)20-15-21-46(47)54(39-26-22-36(23-27-39)34-16-11-9-12-17-34)40-28-24-37(25-29-40)35-18-13-10-14-19-35/h9-33H,1-8H3. The predicted molar refractivity (Wildman–Crippen MR) is 234 cm³/mol. The molecule has 0 unspecified atom stereocenters. The lowest BCUT2D eigenvalue weighted by Gasteiger charge is -2.29. The zero-order valence-electron chi connectivity index (χ0n) is 33.3. The molecule has 0 radical (unpaired) electrons. The lowest BCUT2D eigenvalue weighted by atomic mass is 9.79. The number of fused-ring (bicyclic) bond motifs is 7. The highest BCUT2D eigenvalue weighted by Crippen LogP contribution is 2.57. The van der Waals surface area contributed by atoms with Gasteiger partial charge in [0, 0.05) is 44.3 Å². The van der Waals surface area contributed by atoms with Gasteiger partial charge in [-0.25, -0.2) is 0 Å². The van der Waals surface area contributed by atoms with Crippen LogP contribution in [0.15, 0.2) is 156 Å². The van der Waals surface area contributed by atoms with Gasteiger partial charge >= 0.3 is 0 Å². The van der Waals surface area contributed by atoms with Crippen molar-refractivity contribution in [1.82, 2.24) is 0 Å². The van der Waals surface area contributed by atoms with Gasteiger partial charge in [0.1, 0.15) is 11.2 Å². The molecule has 8 aromatic rings. The zero-order chi connectivity index (χ0) is 38.3. The summed E-state index contributed by atoms with van der Waals surface area (Å²) in [5.41, 5.74) is 17.5. The van der Waals surface area contributed by atoms with Crippen molar-refractivity contribution < 1.29 is 4.42 Å². The van der Waals surface area contributed by atoms with Gasteiger partial charge in [-0.1, -0.05) is 165 Å². The second-order valence-electron chi connectivity index (χ2n) is 17.9. The Hall–Kier alpha value is -5.86. The van der Waals surface area contributed by atoms with Crippen molar-refractivity contribution in [3.8, 4) is 33.4 Å². The molecule has 0 fully saturated rings. The molecular weight excluding hydrogens is 667 g/mol. The summed E-state index contributed by atoms with van der Waals surface area (Å²) in [7, 11) is 0. The molecule has 0 atom stereocenters. The first-order valence-electron chi connectivity index (χ1n) is 19.6. The molecular formula is C53H49NO. The van der Waals surface area contributed by atoms with Crippen LogP contribution < -0.4 is 4.90 Å². The van der Waals surface area contributed by atoms with Crippen molar-refractivity contribution in [2.45, 2.75) is 71.6 Å². The molecule has 7 aromatic carbocycles. The first-order valence-corrected chi connectivity index (χ1v) is 19.6. The molecule has 2 heteroatoms. The van der Waals surface area contributed by atoms with Crippen LogP contribution in [0, 0.1) is 0 Å². The number of anilines is 3. The van der Waals surface area contributed by atoms with Crippen LogP contribution in [-0.2, 0) is 16.2 Å². The summed E-state index contributed by atoms with van der Waals surface area (Å²) in [6.07, 6.45) is 0. The van der Waals surface area contributed by atoms with Crippen LogP contribution in [0.25, 0.3) is 55.3 Å². The Labute approximate surface area is 326 Å². The second kappa shape index (κ2) is 12.6. The summed E-state index contributed by atoms with van der Waals surface area (Å²) in [5, 5.41) is 2.40. The van der Waals surface area contributed by atoms with E-state index in [-0.39, 0.29) is 16.2 Å². The Morgan fingerprint density at radius 2 is 1.04 bits per heavy atom. The van der Waals surface area contributed by atoms with Gasteiger partial charge in [-0.05, 0) is 92.2 Å². The summed E-state index contributed by atoms with van der Waals surface area (Å²) in [4.78, 5) is 2.43. The van der Waals surface area contributed by atoms with Gasteiger partial charge in [-0.3, -0.25) is 0 Å². The third kappa shape index (κ3) is 5.78. The van der Waals surface area contributed by atoms with Crippen LogP contribution in [0.5, 0.6) is 0 Å². The summed E-state index contributed by atoms with van der Waals surface area (Å²) in [6, 6.07) is 55.5. The van der Waals surface area contributed by atoms with Crippen LogP contribution in [0.1, 0.15) is 77.6 Å². The molecule has 0 bridgehead atoms. The normalized spacial score (nSPS) is 13.6. The van der Waals surface area contributed by atoms with Crippen molar-refractivity contribution >= 4 is 39.0 Å². The lowest BCUT2D eigenvalue weighted by molar-refractivity contribution is 0.556. The van der Waals surface area contributed by atoms with Crippen LogP contribution in [0.4, 0.5) is 17.1 Å². The van der Waals surface area contributed by atoms with Gasteiger partial charge < -0.3 is 9.32 Å². The Kier molecular flexibility index (Phi) is 7.99. The van der Waals surface area contributed by atoms with E-state index in [1.165, 1.54) is 66.4 Å². The molecule has 1 aliphatic carbocycles. The first-order chi connectivity index (χ1) is 26.3. The number of benzene rings is 7. The van der Waals surface area contributed by atoms with E-state index in [1.807, 2.05) is 0 Å². The Bertz CT molecular complexity index is 2620. The zero-order valence-corrected chi connectivity index (χ0v) is 33.3. The minimum absolute atomic E-state index is 0.0149. The molecule has 55 heavy (non-hydrogen) atoms. The van der Waals surface area contributed by atoms with E-state index in [1.54, 1.807) is 0 Å². The number of furan rings is 1. The van der Waals surface area contributed by atoms with E-state index in [0.29, 0.717) is 0 Å². The smallest absolute Gasteiger partial charge is 0.140 e. The number of rotatable bonds is 5. The molecule has 0 saturated carbocycles. The minimum Gasteiger partial charge on any atom is -0.455 e. The number of hydrogen-bond donors (Lipinski definition) is 0. The third-order valence-corrected chi connectivity index (χ3v) is 11.7. The predicted octanol–water partition coefficient (Wildman–Crippen LogP) is 15.3. The van der Waals surface area contributed by atoms with E-state index >= 15 is 0 Å². The van der Waals surface area contributed by atoms with Crippen molar-refractivity contribution in [2.24, 2.45) is 0 Å². The van der Waals surface area contributed by atoms with E-state index in [4.69, 9.17) is 4.42 Å². The summed E-state index contributed by atoms with van der Waals surface area (Å²) in [5.74, 6) is 0. The summed E-state index contributed by atoms with van der Waals surface area (Å²) in [6.45, 7) is 18.5. The van der Waals surface area contributed by atoms with Crippen LogP contribution in [0.3, 0.4) is 0 Å². The molecule has 1 aliphatic rings. The Morgan fingerprint density at radius 3 is 1.56 bits per heavy atom. The summed E-state index contributed by atoms with van der Waals surface area (Å²) >= 11 is 0. The fourth-order valence-corrected chi connectivity index (χ4v) is 8.72. The molecule has 1 heterocycles. The maximum Gasteiger partial charge on any atom is 0.140 e. The fourth-order valence-electron chi connectivity index (χ4n) is 8.72. The molecule has 0 spiro atoms. The van der Waals surface area contributed by atoms with Gasteiger partial charge in [-0.2, -0.15) is 0 Å². The molecule has 2 nitrogen and oxygen atoms in total. The van der Waals surface area contributed by atoms with Crippen LogP contribution >= 0.6 is 0 Å². The monoisotopic (exact) mass is 715 g/mol.